The summed E-state index contributed by atoms with van der Waals surface area (Å²) in [5.41, 5.74) is 5.18. The quantitative estimate of drug-likeness (QED) is 0.112. The molecule has 1 aromatic carbocycles. The van der Waals surface area contributed by atoms with Gasteiger partial charge in [-0.1, -0.05) is 30.3 Å². The standard InChI is InChI=1S/C27H42N4O10S/c1-27(2,3)41-24(34)21(12-8-9-15-29-25(35)40-18-19-10-6-5-7-11-19)30-23(33)20(13-14-22(28)32)31-26(36)39-16-17-42(4,37)38/h5-7,10-11,20-21H,8-9,12-18H2,1-4H3,(H2,28,32)(H,29,35)(H,30,33)(H,31,36)/t20-,21-/m1/s1. The van der Waals surface area contributed by atoms with Crippen LogP contribution in [0.1, 0.15) is 58.4 Å². The third-order valence-electron chi connectivity index (χ3n) is 5.38. The minimum atomic E-state index is -3.39. The number of carbonyl (C=O) groups is 5. The first-order chi connectivity index (χ1) is 19.6. The van der Waals surface area contributed by atoms with E-state index in [-0.39, 0.29) is 32.4 Å². The lowest BCUT2D eigenvalue weighted by atomic mass is 10.1. The lowest BCUT2D eigenvalue weighted by Gasteiger charge is -2.26. The number of alkyl carbamates (subject to hydrolysis) is 2. The Bertz CT molecular complexity index is 1150. The number of unbranched alkanes of at least 4 members (excludes halogenated alkanes) is 1. The molecule has 1 rings (SSSR count). The van der Waals surface area contributed by atoms with Crippen LogP contribution in [0.2, 0.25) is 0 Å². The summed E-state index contributed by atoms with van der Waals surface area (Å²) >= 11 is 0. The fourth-order valence-electron chi connectivity index (χ4n) is 3.36. The van der Waals surface area contributed by atoms with Gasteiger partial charge >= 0.3 is 18.2 Å². The molecule has 42 heavy (non-hydrogen) atoms. The van der Waals surface area contributed by atoms with Crippen LogP contribution in [0.25, 0.3) is 0 Å². The minimum Gasteiger partial charge on any atom is -0.458 e. The zero-order valence-electron chi connectivity index (χ0n) is 24.5. The summed E-state index contributed by atoms with van der Waals surface area (Å²) in [6.07, 6.45) is -0.166. The number of carbonyl (C=O) groups excluding carboxylic acids is 5. The molecule has 4 amide bonds. The molecule has 14 nitrogen and oxygen atoms in total. The largest absolute Gasteiger partial charge is 0.458 e. The van der Waals surface area contributed by atoms with Gasteiger partial charge in [-0.3, -0.25) is 9.59 Å². The van der Waals surface area contributed by atoms with E-state index in [0.29, 0.717) is 12.8 Å². The van der Waals surface area contributed by atoms with Crippen molar-refractivity contribution in [3.05, 3.63) is 35.9 Å². The normalized spacial score (nSPS) is 12.8. The first kappa shape index (κ1) is 36.1. The van der Waals surface area contributed by atoms with Gasteiger partial charge in [-0.15, -0.1) is 0 Å². The van der Waals surface area contributed by atoms with Crippen LogP contribution in [0, 0.1) is 0 Å². The van der Waals surface area contributed by atoms with Crippen LogP contribution >= 0.6 is 0 Å². The van der Waals surface area contributed by atoms with Crippen LogP contribution in [-0.2, 0) is 45.0 Å². The number of hydrogen-bond donors (Lipinski definition) is 4. The SMILES string of the molecule is CC(C)(C)OC(=O)[C@@H](CCCCNC(=O)OCc1ccccc1)NC(=O)[C@@H](CCC(N)=O)NC(=O)OCCS(C)(=O)=O. The molecule has 2 atom stereocenters. The molecule has 0 spiro atoms. The number of amides is 4. The van der Waals surface area contributed by atoms with Crippen LogP contribution in [-0.4, -0.2) is 81.2 Å². The molecule has 0 aromatic heterocycles. The number of sulfone groups is 1. The van der Waals surface area contributed by atoms with Gasteiger partial charge in [0.1, 0.15) is 30.9 Å². The number of nitrogens with two attached hydrogens (primary N) is 1. The van der Waals surface area contributed by atoms with Gasteiger partial charge in [-0.2, -0.15) is 0 Å². The zero-order chi connectivity index (χ0) is 31.8. The second kappa shape index (κ2) is 17.8. The van der Waals surface area contributed by atoms with E-state index >= 15 is 0 Å². The summed E-state index contributed by atoms with van der Waals surface area (Å²) in [5.74, 6) is -2.65. The maximum atomic E-state index is 13.1. The number of ether oxygens (including phenoxy) is 3. The van der Waals surface area contributed by atoms with Gasteiger partial charge < -0.3 is 35.9 Å². The van der Waals surface area contributed by atoms with Crippen molar-refractivity contribution in [2.45, 2.75) is 77.2 Å². The van der Waals surface area contributed by atoms with Crippen molar-refractivity contribution in [2.75, 3.05) is 25.2 Å². The van der Waals surface area contributed by atoms with Crippen molar-refractivity contribution in [1.82, 2.24) is 16.0 Å². The van der Waals surface area contributed by atoms with Crippen LogP contribution in [0.3, 0.4) is 0 Å². The Labute approximate surface area is 246 Å². The molecule has 0 radical (unpaired) electrons. The Morgan fingerprint density at radius 2 is 1.57 bits per heavy atom. The van der Waals surface area contributed by atoms with Gasteiger partial charge in [0, 0.05) is 19.2 Å². The van der Waals surface area contributed by atoms with E-state index in [2.05, 4.69) is 16.0 Å². The molecular weight excluding hydrogens is 572 g/mol. The van der Waals surface area contributed by atoms with Gasteiger partial charge in [0.2, 0.25) is 11.8 Å². The van der Waals surface area contributed by atoms with E-state index in [1.54, 1.807) is 20.8 Å². The molecule has 0 aliphatic heterocycles. The number of esters is 1. The van der Waals surface area contributed by atoms with Gasteiger partial charge in [0.05, 0.1) is 5.75 Å². The Morgan fingerprint density at radius 3 is 2.17 bits per heavy atom. The summed E-state index contributed by atoms with van der Waals surface area (Å²) in [6.45, 7) is 4.93. The lowest BCUT2D eigenvalue weighted by molar-refractivity contribution is -0.159. The number of nitrogens with one attached hydrogen (secondary N) is 3. The molecule has 0 saturated carbocycles. The maximum Gasteiger partial charge on any atom is 0.407 e. The molecule has 5 N–H and O–H groups in total. The highest BCUT2D eigenvalue weighted by atomic mass is 32.2. The molecule has 0 unspecified atom stereocenters. The molecule has 0 heterocycles. The van der Waals surface area contributed by atoms with Crippen molar-refractivity contribution in [3.8, 4) is 0 Å². The zero-order valence-corrected chi connectivity index (χ0v) is 25.3. The number of benzene rings is 1. The highest BCUT2D eigenvalue weighted by Gasteiger charge is 2.30. The molecule has 0 bridgehead atoms. The van der Waals surface area contributed by atoms with E-state index in [0.717, 1.165) is 11.8 Å². The van der Waals surface area contributed by atoms with Gasteiger partial charge in [-0.25, -0.2) is 22.8 Å². The Kier molecular flexibility index (Phi) is 15.3. The smallest absolute Gasteiger partial charge is 0.407 e. The van der Waals surface area contributed by atoms with E-state index in [9.17, 15) is 32.4 Å². The summed E-state index contributed by atoms with van der Waals surface area (Å²) in [6, 6.07) is 6.76. The molecule has 236 valence electrons. The second-order valence-corrected chi connectivity index (χ2v) is 12.8. The molecule has 1 aromatic rings. The van der Waals surface area contributed by atoms with Crippen molar-refractivity contribution in [2.24, 2.45) is 5.73 Å². The first-order valence-electron chi connectivity index (χ1n) is 13.4. The molecule has 0 aliphatic carbocycles. The molecule has 0 fully saturated rings. The monoisotopic (exact) mass is 614 g/mol. The van der Waals surface area contributed by atoms with E-state index in [1.807, 2.05) is 30.3 Å². The van der Waals surface area contributed by atoms with Crippen LogP contribution < -0.4 is 21.7 Å². The average Bonchev–Trinajstić information content (AvgIpc) is 2.87. The Hall–Kier alpha value is -3.88. The lowest BCUT2D eigenvalue weighted by Crippen LogP contribution is -2.53. The average molecular weight is 615 g/mol. The third kappa shape index (κ3) is 17.7. The predicted molar refractivity (Wildman–Crippen MR) is 153 cm³/mol. The van der Waals surface area contributed by atoms with Crippen molar-refractivity contribution < 1.29 is 46.6 Å². The molecule has 0 saturated heterocycles. The van der Waals surface area contributed by atoms with E-state index in [1.165, 1.54) is 0 Å². The fraction of sp³-hybridized carbons (Fsp3) is 0.593. The number of hydrogen-bond acceptors (Lipinski definition) is 10. The Balaban J connectivity index is 2.73. The van der Waals surface area contributed by atoms with Crippen molar-refractivity contribution >= 4 is 39.8 Å². The van der Waals surface area contributed by atoms with Crippen LogP contribution in [0.4, 0.5) is 9.59 Å². The maximum absolute atomic E-state index is 13.1. The van der Waals surface area contributed by atoms with Crippen LogP contribution in [0.5, 0.6) is 0 Å². The highest BCUT2D eigenvalue weighted by Crippen LogP contribution is 2.12. The van der Waals surface area contributed by atoms with Gasteiger partial charge in [-0.05, 0) is 52.0 Å². The third-order valence-corrected chi connectivity index (χ3v) is 6.29. The van der Waals surface area contributed by atoms with E-state index < -0.39 is 69.9 Å². The van der Waals surface area contributed by atoms with Gasteiger partial charge in [0.25, 0.3) is 0 Å². The second-order valence-electron chi connectivity index (χ2n) is 10.5. The van der Waals surface area contributed by atoms with Gasteiger partial charge in [0.15, 0.2) is 9.84 Å². The predicted octanol–water partition coefficient (Wildman–Crippen LogP) is 1.31. The molecule has 15 heteroatoms. The topological polar surface area (TPSA) is 209 Å². The minimum absolute atomic E-state index is 0.121. The summed E-state index contributed by atoms with van der Waals surface area (Å²) in [5, 5.41) is 7.44. The summed E-state index contributed by atoms with van der Waals surface area (Å²) in [7, 11) is -3.39. The summed E-state index contributed by atoms with van der Waals surface area (Å²) in [4.78, 5) is 61.3. The first-order valence-corrected chi connectivity index (χ1v) is 15.5. The number of primary amides is 1. The summed E-state index contributed by atoms with van der Waals surface area (Å²) < 4.78 is 37.9. The van der Waals surface area contributed by atoms with Crippen LogP contribution in [0.15, 0.2) is 30.3 Å². The molecular formula is C27H42N4O10S. The molecule has 0 aliphatic rings. The van der Waals surface area contributed by atoms with Crippen molar-refractivity contribution in [1.29, 1.82) is 0 Å². The van der Waals surface area contributed by atoms with Crippen molar-refractivity contribution in [3.63, 3.8) is 0 Å². The highest BCUT2D eigenvalue weighted by molar-refractivity contribution is 7.90. The number of rotatable bonds is 17. The Morgan fingerprint density at radius 1 is 0.905 bits per heavy atom. The van der Waals surface area contributed by atoms with E-state index in [4.69, 9.17) is 19.9 Å². The fourth-order valence-corrected chi connectivity index (χ4v) is 3.74.